The van der Waals surface area contributed by atoms with Gasteiger partial charge in [0.15, 0.2) is 0 Å². The molecular formula is C34H38Cl4FN5O6. The van der Waals surface area contributed by atoms with E-state index in [1.165, 1.54) is 44.8 Å². The Morgan fingerprint density at radius 2 is 1.56 bits per heavy atom. The Kier molecular flexibility index (Phi) is 16.8. The van der Waals surface area contributed by atoms with Gasteiger partial charge in [0, 0.05) is 23.4 Å². The Hall–Kier alpha value is -4.10. The van der Waals surface area contributed by atoms with Crippen LogP contribution in [0.3, 0.4) is 0 Å². The lowest BCUT2D eigenvalue weighted by molar-refractivity contribution is -0.114. The molecule has 1 unspecified atom stereocenters. The van der Waals surface area contributed by atoms with Gasteiger partial charge in [-0.1, -0.05) is 113 Å². The van der Waals surface area contributed by atoms with Gasteiger partial charge >= 0.3 is 6.09 Å². The van der Waals surface area contributed by atoms with Crippen molar-refractivity contribution in [2.24, 2.45) is 0 Å². The molecule has 16 heteroatoms. The number of phenolic OH excluding ortho intramolecular Hbond substituents is 1. The third kappa shape index (κ3) is 9.57. The Labute approximate surface area is 309 Å². The maximum absolute atomic E-state index is 14.7. The molecule has 0 radical (unpaired) electrons. The molecule has 4 heterocycles. The predicted molar refractivity (Wildman–Crippen MR) is 196 cm³/mol. The molecule has 3 N–H and O–H groups in total. The second-order valence-corrected chi connectivity index (χ2v) is 11.2. The van der Waals surface area contributed by atoms with Crippen LogP contribution in [0.5, 0.6) is 5.75 Å². The van der Waals surface area contributed by atoms with Gasteiger partial charge in [0.1, 0.15) is 37.4 Å². The monoisotopic (exact) mass is 771 g/mol. The van der Waals surface area contributed by atoms with Gasteiger partial charge in [-0.3, -0.25) is 14.9 Å². The number of rotatable bonds is 4. The molecule has 1 aromatic carbocycles. The van der Waals surface area contributed by atoms with E-state index in [4.69, 9.17) is 50.8 Å². The molecular weight excluding hydrogens is 735 g/mol. The van der Waals surface area contributed by atoms with Crippen LogP contribution in [0.4, 0.5) is 21.0 Å². The number of methoxy groups -OCH3 is 1. The van der Waals surface area contributed by atoms with Crippen molar-refractivity contribution in [1.82, 2.24) is 14.6 Å². The number of aromatic nitrogens is 3. The number of halogens is 5. The van der Waals surface area contributed by atoms with E-state index in [9.17, 15) is 23.9 Å². The van der Waals surface area contributed by atoms with Crippen LogP contribution in [0.15, 0.2) is 67.3 Å². The Bertz CT molecular complexity index is 1820. The van der Waals surface area contributed by atoms with E-state index in [1.54, 1.807) is 22.8 Å². The summed E-state index contributed by atoms with van der Waals surface area (Å²) >= 11 is 21.5. The van der Waals surface area contributed by atoms with Gasteiger partial charge in [0.05, 0.1) is 30.5 Å². The number of fused-ring (bicyclic) bond motifs is 2. The van der Waals surface area contributed by atoms with Crippen molar-refractivity contribution in [3.63, 3.8) is 0 Å². The molecule has 0 saturated carbocycles. The van der Waals surface area contributed by atoms with E-state index >= 15 is 0 Å². The molecule has 1 atom stereocenters. The summed E-state index contributed by atoms with van der Waals surface area (Å²) < 4.78 is 26.4. The number of Topliss-reactive ketones (excluding diaryl/α,β-unsaturated/α-hetero) is 2. The number of aromatic hydroxyl groups is 1. The molecule has 0 saturated heterocycles. The molecule has 1 aliphatic carbocycles. The summed E-state index contributed by atoms with van der Waals surface area (Å²) in [6.07, 6.45) is 6.55. The Balaban J connectivity index is 0.000000343. The van der Waals surface area contributed by atoms with Crippen LogP contribution in [0, 0.1) is 5.82 Å². The first-order chi connectivity index (χ1) is 23.9. The van der Waals surface area contributed by atoms with E-state index in [0.717, 1.165) is 6.07 Å². The summed E-state index contributed by atoms with van der Waals surface area (Å²) in [5.74, 6) is -1.75. The fourth-order valence-electron chi connectivity index (χ4n) is 4.42. The SMILES string of the molecule is CC.CC.CCCCC.COC(=O)Nc1nc2c3c(ccn3n1)C(c1ccc(O)cc1F)Nc1occc1-2.O=C1C(Cl)=C(Cl)C(=O)C(Cl)=C1Cl. The molecule has 11 nitrogen and oxygen atoms in total. The third-order valence-corrected chi connectivity index (χ3v) is 8.27. The number of ketones is 2. The Morgan fingerprint density at radius 1 is 0.980 bits per heavy atom. The van der Waals surface area contributed by atoms with Crippen LogP contribution in [-0.4, -0.2) is 44.5 Å². The average Bonchev–Trinajstić information content (AvgIpc) is 3.75. The van der Waals surface area contributed by atoms with Gasteiger partial charge in [-0.15, -0.1) is 5.10 Å². The number of ether oxygens (including phenoxy) is 1. The van der Waals surface area contributed by atoms with Gasteiger partial charge < -0.3 is 19.6 Å². The highest BCUT2D eigenvalue weighted by atomic mass is 35.5. The van der Waals surface area contributed by atoms with Crippen LogP contribution in [0.25, 0.3) is 16.8 Å². The standard InChI is InChI=1S/C19H14FN5O4.C6Cl4O2.C5H12.2C2H6/c1-28-19(27)23-18-22-15-12-5-7-29-17(12)21-14(10-3-2-9(26)8-13(10)20)11-4-6-25(24-18)16(11)15;7-1-2(8)6(12)4(10)3(9)5(1)11;1-3-5-4-2;2*1-2/h2-8,14,21,26H,1H3,(H,23,24,27);;3-5H2,1-2H3;2*1-2H3. The van der Waals surface area contributed by atoms with E-state index in [-0.39, 0.29) is 11.7 Å². The molecule has 270 valence electrons. The fourth-order valence-corrected chi connectivity index (χ4v) is 5.24. The number of carbonyl (C=O) groups is 3. The maximum Gasteiger partial charge on any atom is 0.413 e. The lowest BCUT2D eigenvalue weighted by Gasteiger charge is -2.18. The minimum Gasteiger partial charge on any atom is -0.508 e. The normalized spacial score (nSPS) is 14.3. The van der Waals surface area contributed by atoms with E-state index in [0.29, 0.717) is 33.8 Å². The van der Waals surface area contributed by atoms with Gasteiger partial charge in [0.25, 0.3) is 5.95 Å². The zero-order valence-electron chi connectivity index (χ0n) is 28.5. The zero-order valence-corrected chi connectivity index (χ0v) is 31.5. The number of benzene rings is 1. The van der Waals surface area contributed by atoms with Crippen molar-refractivity contribution in [3.05, 3.63) is 79.9 Å². The summed E-state index contributed by atoms with van der Waals surface area (Å²) in [5, 5.41) is 17.9. The van der Waals surface area contributed by atoms with Crippen molar-refractivity contribution in [2.45, 2.75) is 66.8 Å². The molecule has 0 bridgehead atoms. The summed E-state index contributed by atoms with van der Waals surface area (Å²) in [4.78, 5) is 38.0. The second-order valence-electron chi connectivity index (χ2n) is 9.68. The molecule has 1 amide bonds. The Morgan fingerprint density at radius 3 is 2.06 bits per heavy atom. The molecule has 0 fully saturated rings. The van der Waals surface area contributed by atoms with Crippen LogP contribution >= 0.6 is 46.4 Å². The molecule has 50 heavy (non-hydrogen) atoms. The van der Waals surface area contributed by atoms with Gasteiger partial charge in [-0.05, 0) is 18.2 Å². The topological polar surface area (TPSA) is 148 Å². The number of phenols is 1. The van der Waals surface area contributed by atoms with Crippen molar-refractivity contribution in [1.29, 1.82) is 0 Å². The van der Waals surface area contributed by atoms with Crippen molar-refractivity contribution >= 4 is 81.4 Å². The van der Waals surface area contributed by atoms with Crippen molar-refractivity contribution < 1.29 is 33.0 Å². The molecule has 1 aliphatic heterocycles. The van der Waals surface area contributed by atoms with Gasteiger partial charge in [0.2, 0.25) is 17.5 Å². The van der Waals surface area contributed by atoms with Crippen LogP contribution in [0.1, 0.15) is 78.0 Å². The number of nitrogens with zero attached hydrogens (tertiary/aromatic N) is 3. The third-order valence-electron chi connectivity index (χ3n) is 6.63. The number of nitrogens with one attached hydrogen (secondary N) is 2. The minimum atomic E-state index is -0.729. The van der Waals surface area contributed by atoms with Crippen molar-refractivity contribution in [2.75, 3.05) is 17.7 Å². The number of unbranched alkanes of at least 4 members (excludes halogenated alkanes) is 2. The molecule has 6 rings (SSSR count). The van der Waals surface area contributed by atoms with Crippen molar-refractivity contribution in [3.8, 4) is 17.0 Å². The summed E-state index contributed by atoms with van der Waals surface area (Å²) in [6, 6.07) is 6.87. The molecule has 2 aliphatic rings. The smallest absolute Gasteiger partial charge is 0.413 e. The molecule has 0 spiro atoms. The lowest BCUT2D eigenvalue weighted by atomic mass is 9.99. The summed E-state index contributed by atoms with van der Waals surface area (Å²) in [5.41, 5.74) is 2.80. The summed E-state index contributed by atoms with van der Waals surface area (Å²) in [6.45, 7) is 12.4. The van der Waals surface area contributed by atoms with Crippen LogP contribution in [0.2, 0.25) is 0 Å². The lowest BCUT2D eigenvalue weighted by Crippen LogP contribution is -2.15. The molecule has 3 aromatic heterocycles. The number of carbonyl (C=O) groups excluding carboxylic acids is 3. The highest BCUT2D eigenvalue weighted by Gasteiger charge is 2.32. The average molecular weight is 774 g/mol. The highest BCUT2D eigenvalue weighted by molar-refractivity contribution is 6.69. The number of allylic oxidation sites excluding steroid dienone is 4. The quantitative estimate of drug-likeness (QED) is 0.172. The van der Waals surface area contributed by atoms with E-state index in [1.807, 2.05) is 27.7 Å². The number of anilines is 2. The predicted octanol–water partition coefficient (Wildman–Crippen LogP) is 10.3. The van der Waals surface area contributed by atoms with Gasteiger partial charge in [-0.2, -0.15) is 0 Å². The fraction of sp³-hybridized carbons (Fsp3) is 0.324. The largest absolute Gasteiger partial charge is 0.508 e. The van der Waals surface area contributed by atoms with E-state index in [2.05, 4.69) is 39.3 Å². The number of hydrogen-bond donors (Lipinski definition) is 3. The summed E-state index contributed by atoms with van der Waals surface area (Å²) in [7, 11) is 1.24. The van der Waals surface area contributed by atoms with Crippen LogP contribution in [-0.2, 0) is 14.3 Å². The second kappa shape index (κ2) is 19.9. The number of furan rings is 1. The molecule has 4 aromatic rings. The number of amides is 1. The minimum absolute atomic E-state index is 0.0444. The van der Waals surface area contributed by atoms with Gasteiger partial charge in [-0.25, -0.2) is 18.7 Å². The first-order valence-electron chi connectivity index (χ1n) is 15.7. The first-order valence-corrected chi connectivity index (χ1v) is 17.2. The highest BCUT2D eigenvalue weighted by Crippen LogP contribution is 2.43. The number of hydrogen-bond acceptors (Lipinski definition) is 9. The van der Waals surface area contributed by atoms with Crippen LogP contribution < -0.4 is 10.6 Å². The first kappa shape index (κ1) is 42.1. The maximum atomic E-state index is 14.7. The zero-order chi connectivity index (χ0) is 37.7. The van der Waals surface area contributed by atoms with E-state index < -0.39 is 49.6 Å².